The van der Waals surface area contributed by atoms with Crippen molar-refractivity contribution in [1.82, 2.24) is 0 Å². The molecule has 2 atom stereocenters. The summed E-state index contributed by atoms with van der Waals surface area (Å²) in [5.74, 6) is -0.794. The fourth-order valence-electron chi connectivity index (χ4n) is 1.28. The van der Waals surface area contributed by atoms with Crippen LogP contribution in [0.3, 0.4) is 0 Å². The van der Waals surface area contributed by atoms with E-state index in [9.17, 15) is 4.79 Å². The number of alkyl halides is 2. The summed E-state index contributed by atoms with van der Waals surface area (Å²) in [5, 5.41) is 8.83. The standard InChI is InChI=1S/C8H9Cl2NO2/c1-5(12)13-7(2,4-11)6-3-8(6,9)10/h6H,3H2,1-2H3. The van der Waals surface area contributed by atoms with Crippen LogP contribution >= 0.6 is 23.2 Å². The summed E-state index contributed by atoms with van der Waals surface area (Å²) in [6.07, 6.45) is 0.480. The Balaban J connectivity index is 2.74. The first-order valence-electron chi connectivity index (χ1n) is 3.80. The third-order valence-corrected chi connectivity index (χ3v) is 2.90. The van der Waals surface area contributed by atoms with Crippen LogP contribution < -0.4 is 0 Å². The van der Waals surface area contributed by atoms with Crippen molar-refractivity contribution in [2.24, 2.45) is 5.92 Å². The Kier molecular flexibility index (Phi) is 2.48. The molecule has 0 aromatic rings. The van der Waals surface area contributed by atoms with Crippen LogP contribution in [-0.2, 0) is 9.53 Å². The highest BCUT2D eigenvalue weighted by Crippen LogP contribution is 2.59. The maximum absolute atomic E-state index is 10.7. The van der Waals surface area contributed by atoms with Gasteiger partial charge in [-0.05, 0) is 13.3 Å². The first-order valence-corrected chi connectivity index (χ1v) is 4.56. The average molecular weight is 222 g/mol. The molecule has 5 heteroatoms. The van der Waals surface area contributed by atoms with Gasteiger partial charge in [-0.3, -0.25) is 4.79 Å². The fraction of sp³-hybridized carbons (Fsp3) is 0.750. The number of hydrogen-bond donors (Lipinski definition) is 0. The van der Waals surface area contributed by atoms with Crippen molar-refractivity contribution >= 4 is 29.2 Å². The smallest absolute Gasteiger partial charge is 0.304 e. The van der Waals surface area contributed by atoms with E-state index < -0.39 is 15.9 Å². The van der Waals surface area contributed by atoms with Crippen molar-refractivity contribution < 1.29 is 9.53 Å². The molecule has 0 heterocycles. The Bertz CT molecular complexity index is 284. The van der Waals surface area contributed by atoms with Crippen LogP contribution in [0.1, 0.15) is 20.3 Å². The van der Waals surface area contributed by atoms with Crippen LogP contribution in [0, 0.1) is 17.2 Å². The molecule has 72 valence electrons. The Morgan fingerprint density at radius 3 is 2.46 bits per heavy atom. The number of carbonyl (C=O) groups excluding carboxylic acids is 1. The number of esters is 1. The van der Waals surface area contributed by atoms with Gasteiger partial charge in [-0.1, -0.05) is 0 Å². The molecule has 0 aliphatic heterocycles. The van der Waals surface area contributed by atoms with Gasteiger partial charge in [-0.15, -0.1) is 23.2 Å². The van der Waals surface area contributed by atoms with Gasteiger partial charge in [0, 0.05) is 12.8 Å². The predicted octanol–water partition coefficient (Wildman–Crippen LogP) is 2.03. The van der Waals surface area contributed by atoms with Gasteiger partial charge in [0.1, 0.15) is 10.4 Å². The second kappa shape index (κ2) is 3.04. The van der Waals surface area contributed by atoms with Crippen molar-refractivity contribution in [3.8, 4) is 6.07 Å². The van der Waals surface area contributed by atoms with Gasteiger partial charge in [0.05, 0.1) is 0 Å². The zero-order chi connectivity index (χ0) is 10.3. The maximum Gasteiger partial charge on any atom is 0.304 e. The number of rotatable bonds is 2. The number of nitriles is 1. The number of hydrogen-bond acceptors (Lipinski definition) is 3. The molecule has 13 heavy (non-hydrogen) atoms. The molecule has 1 fully saturated rings. The SMILES string of the molecule is CC(=O)OC(C)(C#N)C1CC1(Cl)Cl. The average Bonchev–Trinajstić information content (AvgIpc) is 2.59. The molecule has 1 saturated carbocycles. The van der Waals surface area contributed by atoms with E-state index in [0.717, 1.165) is 0 Å². The van der Waals surface area contributed by atoms with Crippen LogP contribution in [0.4, 0.5) is 0 Å². The van der Waals surface area contributed by atoms with Gasteiger partial charge >= 0.3 is 5.97 Å². The van der Waals surface area contributed by atoms with E-state index in [1.54, 1.807) is 0 Å². The third-order valence-electron chi connectivity index (χ3n) is 2.07. The Morgan fingerprint density at radius 1 is 1.77 bits per heavy atom. The van der Waals surface area contributed by atoms with Crippen LogP contribution in [0.25, 0.3) is 0 Å². The molecule has 1 rings (SSSR count). The van der Waals surface area contributed by atoms with Crippen LogP contribution in [0.15, 0.2) is 0 Å². The Morgan fingerprint density at radius 2 is 2.23 bits per heavy atom. The van der Waals surface area contributed by atoms with Gasteiger partial charge in [-0.2, -0.15) is 5.26 Å². The highest BCUT2D eigenvalue weighted by Gasteiger charge is 2.63. The third kappa shape index (κ3) is 2.07. The van der Waals surface area contributed by atoms with Crippen LogP contribution in [0.5, 0.6) is 0 Å². The number of nitrogens with zero attached hydrogens (tertiary/aromatic N) is 1. The summed E-state index contributed by atoms with van der Waals surface area (Å²) in [4.78, 5) is 10.7. The van der Waals surface area contributed by atoms with E-state index >= 15 is 0 Å². The van der Waals surface area contributed by atoms with E-state index in [2.05, 4.69) is 0 Å². The van der Waals surface area contributed by atoms with Crippen molar-refractivity contribution in [3.05, 3.63) is 0 Å². The topological polar surface area (TPSA) is 50.1 Å². The molecular weight excluding hydrogens is 213 g/mol. The molecule has 0 saturated heterocycles. The monoisotopic (exact) mass is 221 g/mol. The number of carbonyl (C=O) groups is 1. The molecule has 0 aromatic heterocycles. The fourth-order valence-corrected chi connectivity index (χ4v) is 2.01. The molecule has 0 aromatic carbocycles. The predicted molar refractivity (Wildman–Crippen MR) is 48.3 cm³/mol. The van der Waals surface area contributed by atoms with E-state index in [1.165, 1.54) is 13.8 Å². The van der Waals surface area contributed by atoms with Gasteiger partial charge in [-0.25, -0.2) is 0 Å². The summed E-state index contributed by atoms with van der Waals surface area (Å²) in [6, 6.07) is 1.92. The molecule has 0 N–H and O–H groups in total. The summed E-state index contributed by atoms with van der Waals surface area (Å²) in [5.41, 5.74) is -1.20. The second-order valence-electron chi connectivity index (χ2n) is 3.33. The zero-order valence-electron chi connectivity index (χ0n) is 7.30. The molecule has 0 radical (unpaired) electrons. The number of ether oxygens (including phenoxy) is 1. The Hall–Kier alpha value is -0.460. The first-order chi connectivity index (χ1) is 5.82. The largest absolute Gasteiger partial charge is 0.444 e. The highest BCUT2D eigenvalue weighted by atomic mass is 35.5. The lowest BCUT2D eigenvalue weighted by atomic mass is 10.0. The summed E-state index contributed by atoms with van der Waals surface area (Å²) in [7, 11) is 0. The van der Waals surface area contributed by atoms with E-state index in [1.807, 2.05) is 6.07 Å². The highest BCUT2D eigenvalue weighted by molar-refractivity contribution is 6.51. The van der Waals surface area contributed by atoms with E-state index in [0.29, 0.717) is 6.42 Å². The van der Waals surface area contributed by atoms with Gasteiger partial charge in [0.15, 0.2) is 5.60 Å². The van der Waals surface area contributed by atoms with E-state index in [4.69, 9.17) is 33.2 Å². The minimum absolute atomic E-state index is 0.294. The van der Waals surface area contributed by atoms with Gasteiger partial charge in [0.25, 0.3) is 0 Å². The van der Waals surface area contributed by atoms with Crippen molar-refractivity contribution in [2.75, 3.05) is 0 Å². The lowest BCUT2D eigenvalue weighted by Crippen LogP contribution is -2.33. The zero-order valence-corrected chi connectivity index (χ0v) is 8.82. The lowest BCUT2D eigenvalue weighted by Gasteiger charge is -2.21. The second-order valence-corrected chi connectivity index (χ2v) is 4.87. The molecular formula is C8H9Cl2NO2. The molecule has 1 aliphatic rings. The minimum Gasteiger partial charge on any atom is -0.444 e. The summed E-state index contributed by atoms with van der Waals surface area (Å²) in [6.45, 7) is 2.77. The van der Waals surface area contributed by atoms with Crippen LogP contribution in [-0.4, -0.2) is 15.9 Å². The summed E-state index contributed by atoms with van der Waals surface area (Å²) >= 11 is 11.6. The van der Waals surface area contributed by atoms with Crippen molar-refractivity contribution in [2.45, 2.75) is 30.2 Å². The molecule has 0 spiro atoms. The molecule has 3 nitrogen and oxygen atoms in total. The quantitative estimate of drug-likeness (QED) is 0.530. The molecule has 1 aliphatic carbocycles. The molecule has 0 bridgehead atoms. The molecule has 0 amide bonds. The lowest BCUT2D eigenvalue weighted by molar-refractivity contribution is -0.151. The van der Waals surface area contributed by atoms with Crippen molar-refractivity contribution in [3.63, 3.8) is 0 Å². The van der Waals surface area contributed by atoms with Gasteiger partial charge in [0.2, 0.25) is 0 Å². The molecule has 2 unspecified atom stereocenters. The van der Waals surface area contributed by atoms with Gasteiger partial charge < -0.3 is 4.74 Å². The number of halogens is 2. The first kappa shape index (κ1) is 10.6. The Labute approximate surface area is 86.6 Å². The maximum atomic E-state index is 10.7. The summed E-state index contributed by atoms with van der Waals surface area (Å²) < 4.78 is 3.96. The minimum atomic E-state index is -1.20. The van der Waals surface area contributed by atoms with E-state index in [-0.39, 0.29) is 5.92 Å². The van der Waals surface area contributed by atoms with Crippen LogP contribution in [0.2, 0.25) is 0 Å². The van der Waals surface area contributed by atoms with Crippen molar-refractivity contribution in [1.29, 1.82) is 5.26 Å². The normalized spacial score (nSPS) is 28.4.